The van der Waals surface area contributed by atoms with Gasteiger partial charge >= 0.3 is 0 Å². The first kappa shape index (κ1) is 14.2. The van der Waals surface area contributed by atoms with Crippen molar-refractivity contribution >= 4 is 17.4 Å². The van der Waals surface area contributed by atoms with Gasteiger partial charge in [-0.1, -0.05) is 0 Å². The molecule has 1 aliphatic rings. The van der Waals surface area contributed by atoms with E-state index in [1.54, 1.807) is 7.05 Å². The summed E-state index contributed by atoms with van der Waals surface area (Å²) in [6.07, 6.45) is 1.82. The first-order chi connectivity index (χ1) is 9.45. The van der Waals surface area contributed by atoms with E-state index in [9.17, 15) is 14.9 Å². The molecule has 1 saturated heterocycles. The molecule has 1 atom stereocenters. The second-order valence-corrected chi connectivity index (χ2v) is 4.91. The first-order valence-electron chi connectivity index (χ1n) is 6.18. The average molecular weight is 280 g/mol. The van der Waals surface area contributed by atoms with E-state index in [0.717, 1.165) is 6.20 Å². The predicted molar refractivity (Wildman–Crippen MR) is 71.7 cm³/mol. The molecule has 1 fully saturated rings. The van der Waals surface area contributed by atoms with Crippen molar-refractivity contribution in [2.45, 2.75) is 18.9 Å². The van der Waals surface area contributed by atoms with Crippen molar-refractivity contribution in [2.24, 2.45) is 0 Å². The number of nitrogens with one attached hydrogen (secondary N) is 2. The molecule has 1 aliphatic heterocycles. The fraction of sp³-hybridized carbons (Fsp3) is 0.500. The number of nitro groups is 1. The third-order valence-corrected chi connectivity index (χ3v) is 3.20. The molecular weight excluding hydrogens is 264 g/mol. The summed E-state index contributed by atoms with van der Waals surface area (Å²) < 4.78 is 5.26. The van der Waals surface area contributed by atoms with Crippen molar-refractivity contribution < 1.29 is 14.5 Å². The number of aromatic nitrogens is 1. The van der Waals surface area contributed by atoms with Gasteiger partial charge in [-0.3, -0.25) is 14.9 Å². The van der Waals surface area contributed by atoms with E-state index in [2.05, 4.69) is 15.6 Å². The largest absolute Gasteiger partial charge is 0.379 e. The van der Waals surface area contributed by atoms with Crippen LogP contribution in [0.5, 0.6) is 0 Å². The van der Waals surface area contributed by atoms with Crippen molar-refractivity contribution in [2.75, 3.05) is 25.6 Å². The van der Waals surface area contributed by atoms with Gasteiger partial charge in [0.2, 0.25) is 0 Å². The Bertz CT molecular complexity index is 540. The highest BCUT2D eigenvalue weighted by Crippen LogP contribution is 2.22. The number of amides is 1. The Morgan fingerprint density at radius 1 is 1.60 bits per heavy atom. The van der Waals surface area contributed by atoms with E-state index in [0.29, 0.717) is 25.5 Å². The van der Waals surface area contributed by atoms with Gasteiger partial charge in [0.25, 0.3) is 11.6 Å². The summed E-state index contributed by atoms with van der Waals surface area (Å²) in [4.78, 5) is 26.4. The SMILES string of the molecule is CNc1ncc([N+](=O)[O-])cc1C(=O)NC1(C)CCOC1. The van der Waals surface area contributed by atoms with Gasteiger partial charge in [0, 0.05) is 19.7 Å². The monoisotopic (exact) mass is 280 g/mol. The van der Waals surface area contributed by atoms with Crippen LogP contribution in [0.2, 0.25) is 0 Å². The minimum Gasteiger partial charge on any atom is -0.379 e. The molecule has 1 unspecified atom stereocenters. The van der Waals surface area contributed by atoms with E-state index in [4.69, 9.17) is 4.74 Å². The Labute approximate surface area is 115 Å². The topological polar surface area (TPSA) is 106 Å². The van der Waals surface area contributed by atoms with Crippen molar-refractivity contribution in [3.8, 4) is 0 Å². The highest BCUT2D eigenvalue weighted by Gasteiger charge is 2.32. The van der Waals surface area contributed by atoms with Gasteiger partial charge in [-0.15, -0.1) is 0 Å². The summed E-state index contributed by atoms with van der Waals surface area (Å²) in [6, 6.07) is 1.22. The van der Waals surface area contributed by atoms with Crippen molar-refractivity contribution in [1.29, 1.82) is 0 Å². The molecule has 1 amide bonds. The van der Waals surface area contributed by atoms with Crippen LogP contribution in [0.15, 0.2) is 12.3 Å². The van der Waals surface area contributed by atoms with Gasteiger partial charge in [-0.2, -0.15) is 0 Å². The molecule has 0 spiro atoms. The normalized spacial score (nSPS) is 21.5. The maximum atomic E-state index is 12.3. The maximum Gasteiger partial charge on any atom is 0.288 e. The van der Waals surface area contributed by atoms with Crippen LogP contribution < -0.4 is 10.6 Å². The molecule has 20 heavy (non-hydrogen) atoms. The van der Waals surface area contributed by atoms with Gasteiger partial charge in [-0.25, -0.2) is 4.98 Å². The van der Waals surface area contributed by atoms with Crippen LogP contribution in [-0.4, -0.2) is 41.6 Å². The first-order valence-corrected chi connectivity index (χ1v) is 6.18. The molecule has 0 saturated carbocycles. The Morgan fingerprint density at radius 2 is 2.35 bits per heavy atom. The number of rotatable bonds is 4. The lowest BCUT2D eigenvalue weighted by molar-refractivity contribution is -0.385. The summed E-state index contributed by atoms with van der Waals surface area (Å²) >= 11 is 0. The predicted octanol–water partition coefficient (Wildman–Crippen LogP) is 0.940. The Kier molecular flexibility index (Phi) is 3.84. The second kappa shape index (κ2) is 5.41. The van der Waals surface area contributed by atoms with E-state index in [1.165, 1.54) is 6.07 Å². The van der Waals surface area contributed by atoms with Crippen LogP contribution >= 0.6 is 0 Å². The van der Waals surface area contributed by atoms with Crippen molar-refractivity contribution in [3.05, 3.63) is 27.9 Å². The van der Waals surface area contributed by atoms with Gasteiger partial charge in [0.05, 0.1) is 22.6 Å². The Hall–Kier alpha value is -2.22. The summed E-state index contributed by atoms with van der Waals surface area (Å²) in [5.41, 5.74) is -0.524. The van der Waals surface area contributed by atoms with Crippen LogP contribution in [0.3, 0.4) is 0 Å². The lowest BCUT2D eigenvalue weighted by Crippen LogP contribution is -2.46. The minimum absolute atomic E-state index is 0.148. The average Bonchev–Trinajstić information content (AvgIpc) is 2.84. The summed E-state index contributed by atoms with van der Waals surface area (Å²) in [7, 11) is 1.60. The van der Waals surface area contributed by atoms with Crippen LogP contribution in [0.4, 0.5) is 11.5 Å². The van der Waals surface area contributed by atoms with E-state index < -0.39 is 16.4 Å². The zero-order chi connectivity index (χ0) is 14.8. The number of carbonyl (C=O) groups excluding carboxylic acids is 1. The zero-order valence-corrected chi connectivity index (χ0v) is 11.3. The molecule has 0 radical (unpaired) electrons. The fourth-order valence-electron chi connectivity index (χ4n) is 2.03. The molecular formula is C12H16N4O4. The maximum absolute atomic E-state index is 12.3. The molecule has 0 bridgehead atoms. The van der Waals surface area contributed by atoms with E-state index in [-0.39, 0.29) is 11.3 Å². The van der Waals surface area contributed by atoms with Crippen LogP contribution in [-0.2, 0) is 4.74 Å². The fourth-order valence-corrected chi connectivity index (χ4v) is 2.03. The minimum atomic E-state index is -0.580. The van der Waals surface area contributed by atoms with Gasteiger partial charge in [0.1, 0.15) is 12.0 Å². The quantitative estimate of drug-likeness (QED) is 0.628. The number of hydrogen-bond acceptors (Lipinski definition) is 6. The number of hydrogen-bond donors (Lipinski definition) is 2. The van der Waals surface area contributed by atoms with Gasteiger partial charge < -0.3 is 15.4 Å². The van der Waals surface area contributed by atoms with E-state index >= 15 is 0 Å². The van der Waals surface area contributed by atoms with Gasteiger partial charge in [0.15, 0.2) is 0 Å². The number of nitrogens with zero attached hydrogens (tertiary/aromatic N) is 2. The highest BCUT2D eigenvalue weighted by atomic mass is 16.6. The van der Waals surface area contributed by atoms with Crippen LogP contribution in [0, 0.1) is 10.1 Å². The number of carbonyl (C=O) groups is 1. The lowest BCUT2D eigenvalue weighted by Gasteiger charge is -2.23. The molecule has 0 aliphatic carbocycles. The molecule has 1 aromatic rings. The third-order valence-electron chi connectivity index (χ3n) is 3.20. The number of ether oxygens (including phenoxy) is 1. The van der Waals surface area contributed by atoms with Gasteiger partial charge in [-0.05, 0) is 13.3 Å². The standard InChI is InChI=1S/C12H16N4O4/c1-12(3-4-20-7-12)15-11(17)9-5-8(16(18)19)6-14-10(9)13-2/h5-6H,3-4,7H2,1-2H3,(H,13,14)(H,15,17). The van der Waals surface area contributed by atoms with E-state index in [1.807, 2.05) is 6.92 Å². The number of pyridine rings is 1. The molecule has 8 nitrogen and oxygen atoms in total. The molecule has 2 N–H and O–H groups in total. The molecule has 1 aromatic heterocycles. The summed E-state index contributed by atoms with van der Waals surface area (Å²) in [5.74, 6) is -0.103. The molecule has 2 rings (SSSR count). The second-order valence-electron chi connectivity index (χ2n) is 4.91. The zero-order valence-electron chi connectivity index (χ0n) is 11.3. The lowest BCUT2D eigenvalue weighted by atomic mass is 10.0. The highest BCUT2D eigenvalue weighted by molar-refractivity contribution is 5.99. The van der Waals surface area contributed by atoms with Crippen molar-refractivity contribution in [3.63, 3.8) is 0 Å². The molecule has 0 aromatic carbocycles. The smallest absolute Gasteiger partial charge is 0.288 e. The number of anilines is 1. The summed E-state index contributed by atoms with van der Waals surface area (Å²) in [5, 5.41) is 16.4. The van der Waals surface area contributed by atoms with Crippen LogP contribution in [0.1, 0.15) is 23.7 Å². The molecule has 8 heteroatoms. The summed E-state index contributed by atoms with van der Waals surface area (Å²) in [6.45, 7) is 2.89. The van der Waals surface area contributed by atoms with Crippen molar-refractivity contribution in [1.82, 2.24) is 10.3 Å². The molecule has 108 valence electrons. The molecule has 2 heterocycles. The Morgan fingerprint density at radius 3 is 2.90 bits per heavy atom. The third kappa shape index (κ3) is 2.85. The Balaban J connectivity index is 2.27. The van der Waals surface area contributed by atoms with Crippen LogP contribution in [0.25, 0.3) is 0 Å².